The number of aromatic nitrogens is 25. The van der Waals surface area contributed by atoms with E-state index in [-0.39, 0.29) is 0 Å². The second-order valence-electron chi connectivity index (χ2n) is 32.1. The van der Waals surface area contributed by atoms with Gasteiger partial charge in [0.25, 0.3) is 0 Å². The number of hydrogen-bond acceptors (Lipinski definition) is 19. The zero-order valence-electron chi connectivity index (χ0n) is 70.7. The molecule has 25 nitrogen and oxygen atoms in total. The van der Waals surface area contributed by atoms with Crippen LogP contribution in [-0.4, -0.2) is 122 Å². The summed E-state index contributed by atoms with van der Waals surface area (Å²) in [6.45, 7) is 0. The Hall–Kier alpha value is -19.2. The molecule has 626 valence electrons. The van der Waals surface area contributed by atoms with E-state index in [1.807, 2.05) is 222 Å². The van der Waals surface area contributed by atoms with E-state index in [1.165, 1.54) is 0 Å². The molecule has 0 bridgehead atoms. The van der Waals surface area contributed by atoms with Crippen molar-refractivity contribution in [3.05, 3.63) is 396 Å². The number of benzene rings is 9. The maximum Gasteiger partial charge on any atom is 0.242 e. The van der Waals surface area contributed by atoms with Crippen molar-refractivity contribution in [2.24, 2.45) is 0 Å². The summed E-state index contributed by atoms with van der Waals surface area (Å²) >= 11 is 0. The molecule has 0 aliphatic carbocycles. The summed E-state index contributed by atoms with van der Waals surface area (Å²) < 4.78 is 11.9. The van der Waals surface area contributed by atoms with Crippen molar-refractivity contribution in [3.63, 3.8) is 0 Å². The maximum atomic E-state index is 5.19. The van der Waals surface area contributed by atoms with Gasteiger partial charge in [0.2, 0.25) is 35.7 Å². The zero-order chi connectivity index (χ0) is 88.3. The Morgan fingerprint density at radius 2 is 0.403 bits per heavy atom. The summed E-state index contributed by atoms with van der Waals surface area (Å²) in [5, 5.41) is 14.1. The second kappa shape index (κ2) is 31.4. The molecule has 0 unspecified atom stereocenters. The molecule has 0 radical (unpaired) electrons. The SMILES string of the molecule is c1ccc(-c2ccc(-c3nc(-n4c5ccccc5c5cccnc54)nc(-n4c5ncccc5c5cccnc54)n3)cc2)cc1.c1ccc(-c2cccc(-c3nc(-n4c5ccccc5c5cccnc54)nc(-n4c5ncccc5c5cccnc54)n3)c2)cc1.c1cnc2c(c1)cc(-c1nc(-n3c4ccccc4c4cccnc43)nc(-n3c4ccccc4c4cccnc43)n1)c1cccnc12. The van der Waals surface area contributed by atoms with Crippen molar-refractivity contribution in [2.45, 2.75) is 0 Å². The van der Waals surface area contributed by atoms with E-state index >= 15 is 0 Å². The third-order valence-corrected chi connectivity index (χ3v) is 24.5. The van der Waals surface area contributed by atoms with Crippen LogP contribution in [0.3, 0.4) is 0 Å². The fourth-order valence-electron chi connectivity index (χ4n) is 18.6. The van der Waals surface area contributed by atoms with Crippen LogP contribution in [0.15, 0.2) is 396 Å². The molecule has 19 aromatic heterocycles. The first-order chi connectivity index (χ1) is 66.5. The molecule has 0 atom stereocenters. The van der Waals surface area contributed by atoms with E-state index in [4.69, 9.17) is 89.7 Å². The van der Waals surface area contributed by atoms with Gasteiger partial charge in [-0.3, -0.25) is 28.2 Å². The van der Waals surface area contributed by atoms with Gasteiger partial charge < -0.3 is 0 Å². The number of pyridine rings is 10. The third-order valence-electron chi connectivity index (χ3n) is 24.5. The highest BCUT2D eigenvalue weighted by Gasteiger charge is 2.28. The molecule has 0 N–H and O–H groups in total. The Kier molecular flexibility index (Phi) is 17.8. The molecule has 0 fully saturated rings. The number of hydrogen-bond donors (Lipinski definition) is 0. The zero-order valence-corrected chi connectivity index (χ0v) is 70.7. The highest BCUT2D eigenvalue weighted by Crippen LogP contribution is 2.41. The molecule has 0 aliphatic heterocycles. The molecule has 25 heteroatoms. The van der Waals surface area contributed by atoms with E-state index in [9.17, 15) is 0 Å². The average molecular weight is 1720 g/mol. The van der Waals surface area contributed by atoms with Crippen LogP contribution in [0.25, 0.3) is 246 Å². The van der Waals surface area contributed by atoms with Crippen LogP contribution in [-0.2, 0) is 0 Å². The predicted octanol–water partition coefficient (Wildman–Crippen LogP) is 22.8. The lowest BCUT2D eigenvalue weighted by molar-refractivity contribution is 0.879. The molecule has 0 saturated carbocycles. The van der Waals surface area contributed by atoms with Crippen LogP contribution in [0.1, 0.15) is 0 Å². The molecular formula is C109H65N25. The van der Waals surface area contributed by atoms with Gasteiger partial charge in [-0.05, 0) is 168 Å². The smallest absolute Gasteiger partial charge is 0.242 e. The lowest BCUT2D eigenvalue weighted by Gasteiger charge is -2.13. The average Bonchev–Trinajstić information content (AvgIpc) is 1.54. The Balaban J connectivity index is 0.000000105. The first kappa shape index (κ1) is 76.1. The number of rotatable bonds is 11. The van der Waals surface area contributed by atoms with Gasteiger partial charge in [-0.1, -0.05) is 188 Å². The lowest BCUT2D eigenvalue weighted by Crippen LogP contribution is -2.11. The first-order valence-corrected chi connectivity index (χ1v) is 43.5. The summed E-state index contributed by atoms with van der Waals surface area (Å²) in [4.78, 5) is 93.6. The van der Waals surface area contributed by atoms with E-state index < -0.39 is 0 Å². The van der Waals surface area contributed by atoms with Gasteiger partial charge in [-0.25, -0.2) is 49.0 Å². The second-order valence-corrected chi connectivity index (χ2v) is 32.1. The molecular weight excluding hydrogens is 1660 g/mol. The van der Waals surface area contributed by atoms with Gasteiger partial charge in [0.1, 0.15) is 45.2 Å². The summed E-state index contributed by atoms with van der Waals surface area (Å²) in [6.07, 6.45) is 17.9. The molecule has 0 spiro atoms. The van der Waals surface area contributed by atoms with Crippen LogP contribution in [0.4, 0.5) is 0 Å². The van der Waals surface area contributed by atoms with Crippen LogP contribution >= 0.6 is 0 Å². The Morgan fingerprint density at radius 1 is 0.149 bits per heavy atom. The summed E-state index contributed by atoms with van der Waals surface area (Å²) in [5.74, 6) is 4.26. The first-order valence-electron chi connectivity index (χ1n) is 43.5. The lowest BCUT2D eigenvalue weighted by atomic mass is 10.0. The minimum absolute atomic E-state index is 0.425. The normalized spacial score (nSPS) is 11.7. The van der Waals surface area contributed by atoms with Crippen molar-refractivity contribution in [3.8, 4) is 92.1 Å². The molecule has 0 amide bonds. The van der Waals surface area contributed by atoms with Crippen LogP contribution in [0.5, 0.6) is 0 Å². The van der Waals surface area contributed by atoms with E-state index in [1.54, 1.807) is 62.0 Å². The fraction of sp³-hybridized carbons (Fsp3) is 0. The number of fused-ring (bicyclic) bond motifs is 21. The molecule has 134 heavy (non-hydrogen) atoms. The Bertz CT molecular complexity index is 8860. The van der Waals surface area contributed by atoms with Crippen molar-refractivity contribution in [2.75, 3.05) is 0 Å². The topological polar surface area (TPSA) is 274 Å². The highest BCUT2D eigenvalue weighted by molar-refractivity contribution is 6.14. The third kappa shape index (κ3) is 12.6. The molecule has 19 heterocycles. The number of para-hydroxylation sites is 4. The van der Waals surface area contributed by atoms with E-state index in [2.05, 4.69) is 145 Å². The minimum Gasteiger partial charge on any atom is -0.262 e. The van der Waals surface area contributed by atoms with Gasteiger partial charge in [-0.15, -0.1) is 0 Å². The highest BCUT2D eigenvalue weighted by atomic mass is 15.3. The van der Waals surface area contributed by atoms with E-state index in [0.29, 0.717) is 53.2 Å². The maximum absolute atomic E-state index is 5.19. The van der Waals surface area contributed by atoms with Crippen LogP contribution in [0.2, 0.25) is 0 Å². The van der Waals surface area contributed by atoms with Gasteiger partial charge in [0.15, 0.2) is 17.5 Å². The van der Waals surface area contributed by atoms with Gasteiger partial charge in [0, 0.05) is 154 Å². The quantitative estimate of drug-likeness (QED) is 0.109. The molecule has 28 aromatic rings. The van der Waals surface area contributed by atoms with Crippen LogP contribution in [0, 0.1) is 0 Å². The monoisotopic (exact) mass is 1720 g/mol. The summed E-state index contributed by atoms with van der Waals surface area (Å²) in [7, 11) is 0. The predicted molar refractivity (Wildman–Crippen MR) is 526 cm³/mol. The van der Waals surface area contributed by atoms with Crippen LogP contribution < -0.4 is 0 Å². The van der Waals surface area contributed by atoms with Gasteiger partial charge >= 0.3 is 0 Å². The standard InChI is InChI=1S/C37H21N9.2C36H22N8/c1-3-15-29-23(10-1)26-13-7-19-40-34(26)45(29)36-42-33(28-21-22-9-5-17-38-31(22)32-25(28)12-6-18-39-32)43-37(44-36)46-30-16-4-2-11-24(30)27-14-8-20-41-35(27)46;1-2-10-23(11-3-1)24-12-6-13-25(22-24)31-40-35(43-30-18-5-4-14-26(30)27-15-7-19-37-32(27)43)42-36(41-31)44-33-28(16-8-20-38-33)29-17-9-21-39-34(29)44;1-2-9-23(10-3-1)24-16-18-25(19-17-24)31-40-35(43-30-15-5-4-11-26(30)27-12-6-20-37-32(27)43)42-36(41-31)44-33-28(13-7-21-38-33)29-14-8-22-39-34(29)44/h1-21H;2*1-22H. The van der Waals surface area contributed by atoms with Crippen molar-refractivity contribution >= 4 is 154 Å². The Labute approximate surface area is 758 Å². The van der Waals surface area contributed by atoms with Gasteiger partial charge in [-0.2, -0.15) is 44.9 Å². The van der Waals surface area contributed by atoms with Crippen molar-refractivity contribution < 1.29 is 0 Å². The largest absolute Gasteiger partial charge is 0.262 e. The fourth-order valence-corrected chi connectivity index (χ4v) is 18.6. The Morgan fingerprint density at radius 3 is 0.784 bits per heavy atom. The molecule has 0 aliphatic rings. The summed E-state index contributed by atoms with van der Waals surface area (Å²) in [5.41, 5.74) is 18.4. The minimum atomic E-state index is 0.425. The summed E-state index contributed by atoms with van der Waals surface area (Å²) in [6, 6.07) is 112. The van der Waals surface area contributed by atoms with Gasteiger partial charge in [0.05, 0.1) is 33.1 Å². The number of nitrogens with zero attached hydrogens (tertiary/aromatic N) is 25. The molecule has 28 rings (SSSR count). The van der Waals surface area contributed by atoms with Crippen molar-refractivity contribution in [1.82, 2.24) is 122 Å². The van der Waals surface area contributed by atoms with Crippen molar-refractivity contribution in [1.29, 1.82) is 0 Å². The molecule has 9 aromatic carbocycles. The molecule has 0 saturated heterocycles. The van der Waals surface area contributed by atoms with E-state index in [0.717, 1.165) is 193 Å².